The van der Waals surface area contributed by atoms with E-state index in [1.807, 2.05) is 0 Å². The summed E-state index contributed by atoms with van der Waals surface area (Å²) in [6.07, 6.45) is -0.236. The molecular weight excluding hydrogens is 311 g/mol. The first kappa shape index (κ1) is 15.0. The van der Waals surface area contributed by atoms with Crippen LogP contribution in [0, 0.1) is 0 Å². The molecule has 0 saturated carbocycles. The third-order valence-corrected chi connectivity index (χ3v) is 5.15. The molecule has 19 heavy (non-hydrogen) atoms. The summed E-state index contributed by atoms with van der Waals surface area (Å²) in [6.45, 7) is 1.01. The van der Waals surface area contributed by atoms with Crippen LogP contribution in [-0.2, 0) is 10.0 Å². The van der Waals surface area contributed by atoms with E-state index in [0.29, 0.717) is 24.5 Å². The second-order valence-electron chi connectivity index (χ2n) is 4.36. The van der Waals surface area contributed by atoms with Crippen LogP contribution in [0.4, 0.5) is 0 Å². The molecule has 106 valence electrons. The van der Waals surface area contributed by atoms with E-state index in [9.17, 15) is 13.5 Å². The number of β-amino-alcohol motifs (C(OH)–C–C–N with tert-alkyl or cyclic N) is 1. The number of halogens is 2. The molecule has 5 nitrogen and oxygen atoms in total. The number of aliphatic hydroxyl groups excluding tert-OH is 1. The minimum atomic E-state index is -3.77. The second-order valence-corrected chi connectivity index (χ2v) is 6.89. The van der Waals surface area contributed by atoms with Crippen molar-refractivity contribution in [2.75, 3.05) is 13.1 Å². The summed E-state index contributed by atoms with van der Waals surface area (Å²) < 4.78 is 26.9. The Labute approximate surface area is 122 Å². The van der Waals surface area contributed by atoms with Crippen molar-refractivity contribution < 1.29 is 13.5 Å². The first-order valence-electron chi connectivity index (χ1n) is 5.76. The number of benzene rings is 1. The van der Waals surface area contributed by atoms with Gasteiger partial charge in [-0.2, -0.15) is 0 Å². The number of rotatable bonds is 3. The Morgan fingerprint density at radius 3 is 2.74 bits per heavy atom. The maximum atomic E-state index is 12.2. The zero-order chi connectivity index (χ0) is 14.0. The van der Waals surface area contributed by atoms with Crippen LogP contribution >= 0.6 is 23.2 Å². The van der Waals surface area contributed by atoms with Crippen LogP contribution in [0.3, 0.4) is 0 Å². The molecule has 0 aromatic heterocycles. The number of hydrogen-bond acceptors (Lipinski definition) is 4. The summed E-state index contributed by atoms with van der Waals surface area (Å²) in [6, 6.07) is 3.66. The Balaban J connectivity index is 2.22. The van der Waals surface area contributed by atoms with Gasteiger partial charge in [0, 0.05) is 11.6 Å². The van der Waals surface area contributed by atoms with E-state index in [0.717, 1.165) is 0 Å². The fourth-order valence-electron chi connectivity index (χ4n) is 1.94. The summed E-state index contributed by atoms with van der Waals surface area (Å²) in [7, 11) is -3.77. The highest BCUT2D eigenvalue weighted by Crippen LogP contribution is 2.25. The van der Waals surface area contributed by atoms with Crippen LogP contribution in [0.2, 0.25) is 10.0 Å². The maximum absolute atomic E-state index is 12.2. The van der Waals surface area contributed by atoms with Gasteiger partial charge in [0.05, 0.1) is 17.2 Å². The van der Waals surface area contributed by atoms with Gasteiger partial charge in [-0.3, -0.25) is 0 Å². The van der Waals surface area contributed by atoms with Crippen LogP contribution in [0.5, 0.6) is 0 Å². The third kappa shape index (κ3) is 3.59. The molecule has 1 fully saturated rings. The van der Waals surface area contributed by atoms with E-state index >= 15 is 0 Å². The van der Waals surface area contributed by atoms with Crippen molar-refractivity contribution >= 4 is 33.2 Å². The van der Waals surface area contributed by atoms with Gasteiger partial charge in [0.15, 0.2) is 0 Å². The van der Waals surface area contributed by atoms with Crippen LogP contribution in [0.25, 0.3) is 0 Å². The molecule has 0 radical (unpaired) electrons. The molecule has 0 amide bonds. The van der Waals surface area contributed by atoms with E-state index in [4.69, 9.17) is 23.2 Å². The van der Waals surface area contributed by atoms with Crippen molar-refractivity contribution in [3.63, 3.8) is 0 Å². The van der Waals surface area contributed by atoms with Gasteiger partial charge < -0.3 is 10.4 Å². The molecule has 1 aromatic rings. The first-order valence-corrected chi connectivity index (χ1v) is 8.00. The van der Waals surface area contributed by atoms with Gasteiger partial charge in [-0.15, -0.1) is 0 Å². The van der Waals surface area contributed by atoms with Crippen molar-refractivity contribution in [2.24, 2.45) is 0 Å². The van der Waals surface area contributed by atoms with E-state index < -0.39 is 22.2 Å². The lowest BCUT2D eigenvalue weighted by Crippen LogP contribution is -2.52. The van der Waals surface area contributed by atoms with E-state index in [-0.39, 0.29) is 9.92 Å². The highest BCUT2D eigenvalue weighted by Gasteiger charge is 2.29. The summed E-state index contributed by atoms with van der Waals surface area (Å²) in [5.41, 5.74) is 0. The van der Waals surface area contributed by atoms with Gasteiger partial charge in [-0.25, -0.2) is 13.1 Å². The molecule has 1 aliphatic rings. The minimum absolute atomic E-state index is 0.0377. The van der Waals surface area contributed by atoms with Gasteiger partial charge >= 0.3 is 0 Å². The van der Waals surface area contributed by atoms with Crippen LogP contribution in [0.15, 0.2) is 23.1 Å². The third-order valence-electron chi connectivity index (χ3n) is 2.94. The molecule has 0 aliphatic carbocycles. The van der Waals surface area contributed by atoms with E-state index in [1.54, 1.807) is 0 Å². The zero-order valence-electron chi connectivity index (χ0n) is 9.94. The topological polar surface area (TPSA) is 78.4 Å². The van der Waals surface area contributed by atoms with Gasteiger partial charge in [0.25, 0.3) is 0 Å². The summed E-state index contributed by atoms with van der Waals surface area (Å²) in [5, 5.41) is 13.2. The number of hydrogen-bond donors (Lipinski definition) is 3. The molecule has 3 N–H and O–H groups in total. The fraction of sp³-hybridized carbons (Fsp3) is 0.455. The lowest BCUT2D eigenvalue weighted by molar-refractivity contribution is 0.113. The van der Waals surface area contributed by atoms with Gasteiger partial charge in [0.1, 0.15) is 4.90 Å². The lowest BCUT2D eigenvalue weighted by atomic mass is 10.1. The lowest BCUT2D eigenvalue weighted by Gasteiger charge is -2.28. The van der Waals surface area contributed by atoms with Gasteiger partial charge in [-0.05, 0) is 31.2 Å². The predicted molar refractivity (Wildman–Crippen MR) is 74.1 cm³/mol. The Kier molecular flexibility index (Phi) is 4.70. The van der Waals surface area contributed by atoms with Gasteiger partial charge in [-0.1, -0.05) is 23.2 Å². The molecule has 1 aromatic carbocycles. The average molecular weight is 325 g/mol. The fourth-order valence-corrected chi connectivity index (χ4v) is 4.01. The van der Waals surface area contributed by atoms with E-state index in [2.05, 4.69) is 10.0 Å². The number of nitrogens with one attached hydrogen (secondary N) is 2. The zero-order valence-corrected chi connectivity index (χ0v) is 12.3. The average Bonchev–Trinajstić information content (AvgIpc) is 2.31. The molecule has 0 bridgehead atoms. The Morgan fingerprint density at radius 2 is 2.11 bits per heavy atom. The molecule has 2 rings (SSSR count). The number of sulfonamides is 1. The van der Waals surface area contributed by atoms with E-state index in [1.165, 1.54) is 18.2 Å². The Hall–Kier alpha value is -0.370. The van der Waals surface area contributed by atoms with Crippen LogP contribution in [0.1, 0.15) is 6.42 Å². The monoisotopic (exact) mass is 324 g/mol. The normalized spacial score (nSPS) is 24.4. The Morgan fingerprint density at radius 1 is 1.37 bits per heavy atom. The molecule has 1 heterocycles. The van der Waals surface area contributed by atoms with Crippen molar-refractivity contribution in [2.45, 2.75) is 23.5 Å². The second kappa shape index (κ2) is 5.95. The smallest absolute Gasteiger partial charge is 0.242 e. The van der Waals surface area contributed by atoms with Crippen molar-refractivity contribution in [3.8, 4) is 0 Å². The van der Waals surface area contributed by atoms with Crippen LogP contribution < -0.4 is 10.0 Å². The van der Waals surface area contributed by atoms with Gasteiger partial charge in [0.2, 0.25) is 10.0 Å². The summed E-state index contributed by atoms with van der Waals surface area (Å²) in [5.74, 6) is 0. The Bertz CT molecular complexity index is 565. The standard InChI is InChI=1S/C11H14Cl2N2O3S/c12-7-1-2-11(8(13)5-7)19(17,18)15-9-3-4-14-6-10(9)16/h1-2,5,9-10,14-16H,3-4,6H2/t9-,10-/m1/s1. The largest absolute Gasteiger partial charge is 0.390 e. The van der Waals surface area contributed by atoms with Crippen molar-refractivity contribution in [1.82, 2.24) is 10.0 Å². The summed E-state index contributed by atoms with van der Waals surface area (Å²) in [4.78, 5) is -0.0377. The first-order chi connectivity index (χ1) is 8.90. The molecule has 1 aliphatic heterocycles. The minimum Gasteiger partial charge on any atom is -0.390 e. The molecular formula is C11H14Cl2N2O3S. The maximum Gasteiger partial charge on any atom is 0.242 e. The number of piperidine rings is 1. The predicted octanol–water partition coefficient (Wildman–Crippen LogP) is 0.995. The molecule has 2 atom stereocenters. The number of aliphatic hydroxyl groups is 1. The highest BCUT2D eigenvalue weighted by molar-refractivity contribution is 7.89. The van der Waals surface area contributed by atoms with Crippen molar-refractivity contribution in [1.29, 1.82) is 0 Å². The SMILES string of the molecule is O=S(=O)(N[C@@H]1CCNC[C@H]1O)c1ccc(Cl)cc1Cl. The van der Waals surface area contributed by atoms with Crippen molar-refractivity contribution in [3.05, 3.63) is 28.2 Å². The summed E-state index contributed by atoms with van der Waals surface area (Å²) >= 11 is 11.6. The highest BCUT2D eigenvalue weighted by atomic mass is 35.5. The molecule has 1 saturated heterocycles. The molecule has 0 unspecified atom stereocenters. The molecule has 8 heteroatoms. The quantitative estimate of drug-likeness (QED) is 0.775. The van der Waals surface area contributed by atoms with Crippen LogP contribution in [-0.4, -0.2) is 38.8 Å². The molecule has 0 spiro atoms.